The molecule has 3 rings (SSSR count). The first-order valence-electron chi connectivity index (χ1n) is 8.86. The van der Waals surface area contributed by atoms with Crippen molar-refractivity contribution in [2.24, 2.45) is 0 Å². The molecule has 4 nitrogen and oxygen atoms in total. The number of rotatable bonds is 2. The van der Waals surface area contributed by atoms with Crippen LogP contribution >= 0.6 is 0 Å². The number of nitriles is 1. The molecule has 27 heavy (non-hydrogen) atoms. The zero-order valence-corrected chi connectivity index (χ0v) is 15.5. The first-order chi connectivity index (χ1) is 13.2. The maximum atomic E-state index is 8.79. The predicted octanol–water partition coefficient (Wildman–Crippen LogP) is 2.13. The van der Waals surface area contributed by atoms with Crippen molar-refractivity contribution < 1.29 is 4.74 Å². The highest BCUT2D eigenvalue weighted by Crippen LogP contribution is 2.27. The van der Waals surface area contributed by atoms with Crippen LogP contribution in [0.2, 0.25) is 0 Å². The van der Waals surface area contributed by atoms with E-state index in [1.165, 1.54) is 5.56 Å². The summed E-state index contributed by atoms with van der Waals surface area (Å²) < 4.78 is 5.84. The number of nitrogens with one attached hydrogen (secondary N) is 1. The second-order valence-corrected chi connectivity index (χ2v) is 6.21. The number of hydrogen-bond donors (Lipinski definition) is 1. The summed E-state index contributed by atoms with van der Waals surface area (Å²) in [6.45, 7) is 11.4. The third-order valence-corrected chi connectivity index (χ3v) is 4.44. The molecule has 2 aliphatic rings. The van der Waals surface area contributed by atoms with Crippen LogP contribution < -0.4 is 5.32 Å². The Balaban J connectivity index is 0.000000279. The molecule has 0 aliphatic carbocycles. The molecule has 2 fully saturated rings. The molecule has 1 spiro atoms. The van der Waals surface area contributed by atoms with E-state index in [-0.39, 0.29) is 5.72 Å². The van der Waals surface area contributed by atoms with Gasteiger partial charge in [-0.2, -0.15) is 19.1 Å². The highest BCUT2D eigenvalue weighted by molar-refractivity contribution is 5.36. The number of hydrogen-bond acceptors (Lipinski definition) is 4. The lowest BCUT2D eigenvalue weighted by Gasteiger charge is -2.38. The van der Waals surface area contributed by atoms with Crippen LogP contribution in [0.3, 0.4) is 0 Å². The summed E-state index contributed by atoms with van der Waals surface area (Å²) in [5.74, 6) is 14.5. The Bertz CT molecular complexity index is 792. The molecule has 2 aliphatic heterocycles. The summed E-state index contributed by atoms with van der Waals surface area (Å²) in [5.41, 5.74) is 1.96. The monoisotopic (exact) mass is 357 g/mol. The summed E-state index contributed by atoms with van der Waals surface area (Å²) >= 11 is 0. The fourth-order valence-corrected chi connectivity index (χ4v) is 3.06. The van der Waals surface area contributed by atoms with Gasteiger partial charge in [-0.25, -0.2) is 11.8 Å². The predicted molar refractivity (Wildman–Crippen MR) is 106 cm³/mol. The maximum absolute atomic E-state index is 8.79. The summed E-state index contributed by atoms with van der Waals surface area (Å²) in [6.07, 6.45) is 2.12. The van der Waals surface area contributed by atoms with Crippen molar-refractivity contribution in [3.05, 3.63) is 49.2 Å². The van der Waals surface area contributed by atoms with Crippen LogP contribution in [-0.4, -0.2) is 36.9 Å². The average Bonchev–Trinajstić information content (AvgIpc) is 3.17. The van der Waals surface area contributed by atoms with E-state index in [9.17, 15) is 0 Å². The summed E-state index contributed by atoms with van der Waals surface area (Å²) in [6, 6.07) is 10.0. The van der Waals surface area contributed by atoms with E-state index in [1.54, 1.807) is 0 Å². The first-order valence-corrected chi connectivity index (χ1v) is 8.86. The number of piperidine rings is 1. The highest BCUT2D eigenvalue weighted by atomic mass is 16.5. The van der Waals surface area contributed by atoms with Crippen molar-refractivity contribution in [1.82, 2.24) is 10.2 Å². The molecule has 0 radical (unpaired) electrons. The zero-order chi connectivity index (χ0) is 19.4. The molecule has 0 aromatic heterocycles. The van der Waals surface area contributed by atoms with E-state index in [2.05, 4.69) is 65.7 Å². The van der Waals surface area contributed by atoms with Gasteiger partial charge >= 0.3 is 0 Å². The van der Waals surface area contributed by atoms with Gasteiger partial charge in [-0.05, 0) is 17.7 Å². The van der Waals surface area contributed by atoms with Crippen molar-refractivity contribution in [1.29, 1.82) is 5.26 Å². The average molecular weight is 357 g/mol. The second-order valence-electron chi connectivity index (χ2n) is 6.21. The van der Waals surface area contributed by atoms with Gasteiger partial charge in [-0.1, -0.05) is 12.1 Å². The molecule has 1 aromatic rings. The third-order valence-electron chi connectivity index (χ3n) is 4.44. The van der Waals surface area contributed by atoms with Crippen LogP contribution in [0.4, 0.5) is 0 Å². The quantitative estimate of drug-likeness (QED) is 0.651. The lowest BCUT2D eigenvalue weighted by Crippen LogP contribution is -2.50. The van der Waals surface area contributed by atoms with Gasteiger partial charge in [-0.15, -0.1) is 11.8 Å². The zero-order valence-electron chi connectivity index (χ0n) is 15.5. The topological polar surface area (TPSA) is 48.3 Å². The number of ether oxygens (including phenoxy) is 1. The van der Waals surface area contributed by atoms with Crippen molar-refractivity contribution in [3.8, 4) is 41.6 Å². The van der Waals surface area contributed by atoms with Gasteiger partial charge in [0.15, 0.2) is 0 Å². The van der Waals surface area contributed by atoms with Crippen molar-refractivity contribution in [2.75, 3.05) is 26.2 Å². The van der Waals surface area contributed by atoms with Crippen molar-refractivity contribution >= 4 is 0 Å². The minimum atomic E-state index is -0.0405. The molecule has 0 amide bonds. The van der Waals surface area contributed by atoms with Gasteiger partial charge in [-0.3, -0.25) is 22.1 Å². The second kappa shape index (κ2) is 10.9. The van der Waals surface area contributed by atoms with Crippen LogP contribution in [-0.2, 0) is 11.3 Å². The molecule has 4 heteroatoms. The van der Waals surface area contributed by atoms with E-state index in [4.69, 9.17) is 10.00 Å². The SMILES string of the molecule is N#Cc1ccc(CN2CCC3(CC2)NCCO3)cc1.[CH2-]C#CC#CC#C[CH2-]. The van der Waals surface area contributed by atoms with Crippen molar-refractivity contribution in [2.45, 2.75) is 25.1 Å². The first kappa shape index (κ1) is 20.3. The summed E-state index contributed by atoms with van der Waals surface area (Å²) in [4.78, 5) is 2.45. The van der Waals surface area contributed by atoms with E-state index < -0.39 is 0 Å². The Morgan fingerprint density at radius 2 is 1.67 bits per heavy atom. The van der Waals surface area contributed by atoms with Gasteiger partial charge < -0.3 is 4.74 Å². The van der Waals surface area contributed by atoms with Crippen LogP contribution in [0.5, 0.6) is 0 Å². The van der Waals surface area contributed by atoms with E-state index >= 15 is 0 Å². The minimum absolute atomic E-state index is 0.0405. The normalized spacial score (nSPS) is 16.9. The Morgan fingerprint density at radius 1 is 1.04 bits per heavy atom. The lowest BCUT2D eigenvalue weighted by atomic mass is 10.00. The summed E-state index contributed by atoms with van der Waals surface area (Å²) in [7, 11) is 0. The number of benzene rings is 1. The summed E-state index contributed by atoms with van der Waals surface area (Å²) in [5, 5.41) is 12.3. The Kier molecular flexibility index (Phi) is 8.19. The van der Waals surface area contributed by atoms with Crippen LogP contribution in [0.15, 0.2) is 24.3 Å². The number of likely N-dealkylation sites (tertiary alicyclic amines) is 1. The Hall–Kier alpha value is -2.99. The molecular weight excluding hydrogens is 334 g/mol. The fraction of sp³-hybridized carbons (Fsp3) is 0.348. The fourth-order valence-electron chi connectivity index (χ4n) is 3.06. The molecule has 1 N–H and O–H groups in total. The smallest absolute Gasteiger partial charge is 0.121 e. The molecule has 0 bridgehead atoms. The van der Waals surface area contributed by atoms with Crippen molar-refractivity contribution in [3.63, 3.8) is 0 Å². The third kappa shape index (κ3) is 6.67. The van der Waals surface area contributed by atoms with Gasteiger partial charge in [0.1, 0.15) is 5.72 Å². The molecule has 0 unspecified atom stereocenters. The molecular formula is C23H23N3O-2. The Labute approximate surface area is 162 Å². The molecule has 138 valence electrons. The van der Waals surface area contributed by atoms with Crippen LogP contribution in [0.1, 0.15) is 24.0 Å². The largest absolute Gasteiger partial charge is 0.359 e. The lowest BCUT2D eigenvalue weighted by molar-refractivity contribution is -0.0576. The van der Waals surface area contributed by atoms with Gasteiger partial charge in [0.25, 0.3) is 0 Å². The van der Waals surface area contributed by atoms with Gasteiger partial charge in [0.05, 0.1) is 18.2 Å². The number of nitrogens with zero attached hydrogens (tertiary/aromatic N) is 2. The minimum Gasteiger partial charge on any atom is -0.359 e. The molecule has 0 atom stereocenters. The van der Waals surface area contributed by atoms with E-state index in [0.29, 0.717) is 0 Å². The van der Waals surface area contributed by atoms with Crippen LogP contribution in [0, 0.1) is 60.7 Å². The molecule has 0 saturated carbocycles. The van der Waals surface area contributed by atoms with E-state index in [1.807, 2.05) is 24.3 Å². The standard InChI is InChI=1S/C15H19N3O.C8H4/c16-11-13-1-3-14(4-2-13)12-18-8-5-15(6-9-18)17-7-10-19-15;1-3-5-7-8-6-4-2/h1-4,17H,5-10,12H2;1-2H2/q;-2. The van der Waals surface area contributed by atoms with E-state index in [0.717, 1.165) is 51.2 Å². The van der Waals surface area contributed by atoms with Crippen LogP contribution in [0.25, 0.3) is 0 Å². The maximum Gasteiger partial charge on any atom is 0.121 e. The molecule has 2 saturated heterocycles. The molecule has 1 aromatic carbocycles. The van der Waals surface area contributed by atoms with Gasteiger partial charge in [0.2, 0.25) is 0 Å². The Morgan fingerprint density at radius 3 is 2.15 bits per heavy atom. The highest BCUT2D eigenvalue weighted by Gasteiger charge is 2.37. The molecule has 2 heterocycles. The van der Waals surface area contributed by atoms with Gasteiger partial charge in [0, 0.05) is 39.0 Å².